The summed E-state index contributed by atoms with van der Waals surface area (Å²) < 4.78 is 41.9. The maximum absolute atomic E-state index is 12.0. The van der Waals surface area contributed by atoms with Gasteiger partial charge in [-0.05, 0) is 18.7 Å². The molecule has 1 rings (SSSR count). The highest BCUT2D eigenvalue weighted by Crippen LogP contribution is 2.30. The van der Waals surface area contributed by atoms with Crippen molar-refractivity contribution in [3.8, 4) is 0 Å². The lowest BCUT2D eigenvalue weighted by Gasteiger charge is -2.07. The van der Waals surface area contributed by atoms with Crippen LogP contribution in [0.3, 0.4) is 0 Å². The predicted molar refractivity (Wildman–Crippen MR) is 62.4 cm³/mol. The van der Waals surface area contributed by atoms with Gasteiger partial charge in [-0.25, -0.2) is 9.48 Å². The fourth-order valence-corrected chi connectivity index (χ4v) is 1.82. The fraction of sp³-hybridized carbons (Fsp3) is 0.667. The zero-order valence-electron chi connectivity index (χ0n) is 10.1. The first kappa shape index (κ1) is 15.8. The first-order chi connectivity index (χ1) is 8.89. The molecule has 0 unspecified atom stereocenters. The van der Waals surface area contributed by atoms with Crippen LogP contribution in [0.25, 0.3) is 0 Å². The molecule has 108 valence electrons. The summed E-state index contributed by atoms with van der Waals surface area (Å²) >= 11 is -0.170. The third kappa shape index (κ3) is 4.71. The monoisotopic (exact) mass is 298 g/mol. The first-order valence-electron chi connectivity index (χ1n) is 5.39. The van der Waals surface area contributed by atoms with Crippen molar-refractivity contribution in [1.29, 1.82) is 0 Å². The minimum atomic E-state index is -4.30. The van der Waals surface area contributed by atoms with Crippen molar-refractivity contribution in [2.24, 2.45) is 5.73 Å². The highest BCUT2D eigenvalue weighted by Gasteiger charge is 2.28. The normalized spacial score (nSPS) is 11.6. The van der Waals surface area contributed by atoms with E-state index in [9.17, 15) is 18.0 Å². The zero-order chi connectivity index (χ0) is 14.5. The van der Waals surface area contributed by atoms with E-state index in [1.165, 1.54) is 4.68 Å². The number of nitrogens with zero attached hydrogens (tertiary/aromatic N) is 3. The molecule has 0 amide bonds. The number of thioether (sulfide) groups is 1. The number of alkyl halides is 3. The van der Waals surface area contributed by atoms with Crippen LogP contribution in [0.1, 0.15) is 23.1 Å². The number of carbonyl (C=O) groups excluding carboxylic acids is 1. The van der Waals surface area contributed by atoms with Crippen LogP contribution in [0.4, 0.5) is 13.2 Å². The molecule has 6 nitrogen and oxygen atoms in total. The summed E-state index contributed by atoms with van der Waals surface area (Å²) in [5, 5.41) is 7.20. The van der Waals surface area contributed by atoms with Crippen LogP contribution < -0.4 is 5.73 Å². The molecular formula is C9H13F3N4O2S. The summed E-state index contributed by atoms with van der Waals surface area (Å²) in [6.07, 6.45) is 0. The summed E-state index contributed by atoms with van der Waals surface area (Å²) in [7, 11) is 0. The quantitative estimate of drug-likeness (QED) is 0.794. The molecule has 0 spiro atoms. The maximum Gasteiger partial charge on any atom is 0.441 e. The standard InChI is InChI=1S/C9H13F3N4O2S/c1-2-18-8(17)7-6(5-13)16(15-14-7)3-4-19-9(10,11)12/h2-5,13H2,1H3. The van der Waals surface area contributed by atoms with Crippen molar-refractivity contribution >= 4 is 17.7 Å². The van der Waals surface area contributed by atoms with Crippen molar-refractivity contribution in [2.45, 2.75) is 25.5 Å². The third-order valence-corrected chi connectivity index (χ3v) is 2.78. The summed E-state index contributed by atoms with van der Waals surface area (Å²) in [4.78, 5) is 11.5. The molecule has 2 N–H and O–H groups in total. The van der Waals surface area contributed by atoms with E-state index in [2.05, 4.69) is 10.3 Å². The zero-order valence-corrected chi connectivity index (χ0v) is 10.9. The molecule has 1 aromatic heterocycles. The Morgan fingerprint density at radius 3 is 2.74 bits per heavy atom. The lowest BCUT2D eigenvalue weighted by atomic mass is 10.3. The van der Waals surface area contributed by atoms with Gasteiger partial charge in [0.15, 0.2) is 5.69 Å². The second kappa shape index (κ2) is 6.75. The molecule has 19 heavy (non-hydrogen) atoms. The van der Waals surface area contributed by atoms with Gasteiger partial charge in [0.25, 0.3) is 0 Å². The molecular weight excluding hydrogens is 285 g/mol. The van der Waals surface area contributed by atoms with Gasteiger partial charge in [0.1, 0.15) is 0 Å². The van der Waals surface area contributed by atoms with Gasteiger partial charge in [0.05, 0.1) is 18.8 Å². The van der Waals surface area contributed by atoms with E-state index >= 15 is 0 Å². The first-order valence-corrected chi connectivity index (χ1v) is 6.37. The van der Waals surface area contributed by atoms with Crippen LogP contribution in [-0.4, -0.2) is 38.8 Å². The number of nitrogens with two attached hydrogens (primary N) is 1. The number of halogens is 3. The van der Waals surface area contributed by atoms with E-state index < -0.39 is 11.5 Å². The number of carbonyl (C=O) groups is 1. The van der Waals surface area contributed by atoms with E-state index in [4.69, 9.17) is 10.5 Å². The van der Waals surface area contributed by atoms with Gasteiger partial charge in [-0.15, -0.1) is 5.10 Å². The van der Waals surface area contributed by atoms with Crippen LogP contribution in [0, 0.1) is 0 Å². The van der Waals surface area contributed by atoms with E-state index in [1.54, 1.807) is 6.92 Å². The molecule has 0 saturated heterocycles. The highest BCUT2D eigenvalue weighted by molar-refractivity contribution is 8.00. The van der Waals surface area contributed by atoms with Crippen LogP contribution in [0.2, 0.25) is 0 Å². The number of ether oxygens (including phenoxy) is 1. The Balaban J connectivity index is 2.72. The van der Waals surface area contributed by atoms with E-state index in [0.29, 0.717) is 0 Å². The molecule has 0 radical (unpaired) electrons. The van der Waals surface area contributed by atoms with E-state index in [0.717, 1.165) is 0 Å². The Kier molecular flexibility index (Phi) is 5.60. The molecule has 1 aromatic rings. The summed E-state index contributed by atoms with van der Waals surface area (Å²) in [6, 6.07) is 0. The molecule has 1 heterocycles. The molecule has 10 heteroatoms. The summed E-state index contributed by atoms with van der Waals surface area (Å²) in [5.41, 5.74) is 1.36. The minimum Gasteiger partial charge on any atom is -0.461 e. The van der Waals surface area contributed by atoms with Crippen molar-refractivity contribution in [2.75, 3.05) is 12.4 Å². The van der Waals surface area contributed by atoms with Gasteiger partial charge in [-0.3, -0.25) is 0 Å². The Hall–Kier alpha value is -1.29. The number of esters is 1. The minimum absolute atomic E-state index is 0.0386. The number of aryl methyl sites for hydroxylation is 1. The van der Waals surface area contributed by atoms with Crippen LogP contribution >= 0.6 is 11.8 Å². The molecule has 0 fully saturated rings. The average Bonchev–Trinajstić information content (AvgIpc) is 2.70. The van der Waals surface area contributed by atoms with Crippen molar-refractivity contribution < 1.29 is 22.7 Å². The summed E-state index contributed by atoms with van der Waals surface area (Å²) in [5.74, 6) is -0.917. The van der Waals surface area contributed by atoms with Crippen LogP contribution in [-0.2, 0) is 17.8 Å². The average molecular weight is 298 g/mol. The molecule has 0 atom stereocenters. The van der Waals surface area contributed by atoms with Gasteiger partial charge in [0, 0.05) is 12.3 Å². The van der Waals surface area contributed by atoms with Gasteiger partial charge in [0.2, 0.25) is 0 Å². The molecule has 0 bridgehead atoms. The largest absolute Gasteiger partial charge is 0.461 e. The molecule has 0 aliphatic carbocycles. The van der Waals surface area contributed by atoms with Gasteiger partial charge >= 0.3 is 11.5 Å². The van der Waals surface area contributed by atoms with Gasteiger partial charge < -0.3 is 10.5 Å². The van der Waals surface area contributed by atoms with Crippen LogP contribution in [0.15, 0.2) is 0 Å². The van der Waals surface area contributed by atoms with E-state index in [-0.39, 0.29) is 48.6 Å². The van der Waals surface area contributed by atoms with Gasteiger partial charge in [-0.1, -0.05) is 5.21 Å². The number of hydrogen-bond acceptors (Lipinski definition) is 6. The molecule has 0 saturated carbocycles. The second-order valence-corrected chi connectivity index (χ2v) is 4.49. The fourth-order valence-electron chi connectivity index (χ4n) is 1.32. The number of aromatic nitrogens is 3. The Bertz CT molecular complexity index is 436. The van der Waals surface area contributed by atoms with E-state index in [1.807, 2.05) is 0 Å². The lowest BCUT2D eigenvalue weighted by Crippen LogP contribution is -2.16. The third-order valence-electron chi connectivity index (χ3n) is 2.07. The van der Waals surface area contributed by atoms with Crippen molar-refractivity contribution in [3.05, 3.63) is 11.4 Å². The highest BCUT2D eigenvalue weighted by atomic mass is 32.2. The van der Waals surface area contributed by atoms with Crippen LogP contribution in [0.5, 0.6) is 0 Å². The Morgan fingerprint density at radius 2 is 2.21 bits per heavy atom. The predicted octanol–water partition coefficient (Wildman–Crippen LogP) is 1.17. The summed E-state index contributed by atoms with van der Waals surface area (Å²) in [6.45, 7) is 1.70. The molecule has 0 aromatic carbocycles. The number of hydrogen-bond donors (Lipinski definition) is 1. The molecule has 0 aliphatic heterocycles. The topological polar surface area (TPSA) is 83.0 Å². The second-order valence-electron chi connectivity index (χ2n) is 3.33. The SMILES string of the molecule is CCOC(=O)c1nnn(CCSC(F)(F)F)c1CN. The Morgan fingerprint density at radius 1 is 1.53 bits per heavy atom. The van der Waals surface area contributed by atoms with Gasteiger partial charge in [-0.2, -0.15) is 13.2 Å². The van der Waals surface area contributed by atoms with Crippen molar-refractivity contribution in [1.82, 2.24) is 15.0 Å². The lowest BCUT2D eigenvalue weighted by molar-refractivity contribution is -0.0328. The number of rotatable bonds is 6. The van der Waals surface area contributed by atoms with Crippen molar-refractivity contribution in [3.63, 3.8) is 0 Å². The molecule has 0 aliphatic rings. The Labute approximate surface area is 111 Å². The maximum atomic E-state index is 12.0. The smallest absolute Gasteiger partial charge is 0.441 e.